The number of ether oxygens (including phenoxy) is 1. The molecule has 1 aromatic heterocycles. The normalized spacial score (nSPS) is 20.2. The second-order valence-electron chi connectivity index (χ2n) is 4.82. The molecule has 1 fully saturated rings. The van der Waals surface area contributed by atoms with Gasteiger partial charge in [-0.15, -0.1) is 0 Å². The van der Waals surface area contributed by atoms with Crippen molar-refractivity contribution in [1.82, 2.24) is 15.1 Å². The highest BCUT2D eigenvalue weighted by Crippen LogP contribution is 2.25. The van der Waals surface area contributed by atoms with Crippen LogP contribution >= 0.6 is 11.6 Å². The monoisotopic (exact) mass is 295 g/mol. The summed E-state index contributed by atoms with van der Waals surface area (Å²) in [5.74, 6) is -0.379. The molecule has 20 heavy (non-hydrogen) atoms. The van der Waals surface area contributed by atoms with Crippen LogP contribution in [-0.2, 0) is 11.3 Å². The van der Waals surface area contributed by atoms with Gasteiger partial charge in [0.25, 0.3) is 0 Å². The first-order valence-electron chi connectivity index (χ1n) is 6.49. The third-order valence-electron chi connectivity index (χ3n) is 3.49. The van der Waals surface area contributed by atoms with Crippen LogP contribution in [-0.4, -0.2) is 34.9 Å². The molecule has 106 valence electrons. The van der Waals surface area contributed by atoms with Gasteiger partial charge in [-0.2, -0.15) is 5.10 Å². The van der Waals surface area contributed by atoms with Crippen molar-refractivity contribution in [3.63, 3.8) is 0 Å². The van der Waals surface area contributed by atoms with Crippen molar-refractivity contribution >= 4 is 11.6 Å². The third kappa shape index (κ3) is 2.85. The molecule has 0 aliphatic carbocycles. The van der Waals surface area contributed by atoms with Crippen molar-refractivity contribution in [2.24, 2.45) is 0 Å². The second kappa shape index (κ2) is 5.91. The summed E-state index contributed by atoms with van der Waals surface area (Å²) in [6.45, 7) is 2.74. The maximum absolute atomic E-state index is 13.5. The number of H-pyrrole nitrogens is 1. The molecular formula is C14H15ClFN3O. The lowest BCUT2D eigenvalue weighted by atomic mass is 10.1. The van der Waals surface area contributed by atoms with Crippen molar-refractivity contribution in [3.8, 4) is 0 Å². The van der Waals surface area contributed by atoms with Crippen LogP contribution < -0.4 is 0 Å². The van der Waals surface area contributed by atoms with E-state index in [-0.39, 0.29) is 16.9 Å². The van der Waals surface area contributed by atoms with E-state index in [2.05, 4.69) is 15.1 Å². The average Bonchev–Trinajstić information content (AvgIpc) is 2.97. The van der Waals surface area contributed by atoms with Gasteiger partial charge in [0.1, 0.15) is 5.82 Å². The van der Waals surface area contributed by atoms with Gasteiger partial charge in [-0.1, -0.05) is 17.7 Å². The molecule has 2 aromatic rings. The summed E-state index contributed by atoms with van der Waals surface area (Å²) in [6.07, 6.45) is 1.73. The Balaban J connectivity index is 1.78. The zero-order chi connectivity index (χ0) is 13.9. The predicted octanol–water partition coefficient (Wildman–Crippen LogP) is 2.78. The van der Waals surface area contributed by atoms with E-state index < -0.39 is 0 Å². The van der Waals surface area contributed by atoms with E-state index in [0.29, 0.717) is 19.8 Å². The van der Waals surface area contributed by atoms with Crippen molar-refractivity contribution in [2.75, 3.05) is 19.8 Å². The molecule has 1 atom stereocenters. The third-order valence-corrected chi connectivity index (χ3v) is 3.80. The Morgan fingerprint density at radius 1 is 1.45 bits per heavy atom. The summed E-state index contributed by atoms with van der Waals surface area (Å²) in [7, 11) is 0. The Morgan fingerprint density at radius 2 is 2.35 bits per heavy atom. The maximum atomic E-state index is 13.5. The quantitative estimate of drug-likeness (QED) is 0.947. The van der Waals surface area contributed by atoms with E-state index in [1.807, 2.05) is 12.1 Å². The molecule has 3 rings (SSSR count). The fraction of sp³-hybridized carbons (Fsp3) is 0.357. The first-order valence-corrected chi connectivity index (χ1v) is 6.87. The number of hydrogen-bond acceptors (Lipinski definition) is 3. The lowest BCUT2D eigenvalue weighted by Gasteiger charge is -2.34. The first kappa shape index (κ1) is 13.5. The molecule has 0 saturated carbocycles. The first-order chi connectivity index (χ1) is 9.74. The standard InChI is InChI=1S/C14H15ClFN3O/c15-11-2-1-10(7-12(11)16)8-19-5-6-20-9-14(19)13-3-4-17-18-13/h1-4,7,14H,5-6,8-9H2,(H,17,18)/t14-/m1/s1. The van der Waals surface area contributed by atoms with Crippen molar-refractivity contribution in [2.45, 2.75) is 12.6 Å². The van der Waals surface area contributed by atoms with Crippen LogP contribution in [0, 0.1) is 5.82 Å². The highest BCUT2D eigenvalue weighted by atomic mass is 35.5. The summed E-state index contributed by atoms with van der Waals surface area (Å²) in [5.41, 5.74) is 1.91. The Morgan fingerprint density at radius 3 is 3.10 bits per heavy atom. The molecular weight excluding hydrogens is 281 g/mol. The molecule has 0 unspecified atom stereocenters. The van der Waals surface area contributed by atoms with Crippen molar-refractivity contribution in [3.05, 3.63) is 52.6 Å². The fourth-order valence-electron chi connectivity index (χ4n) is 2.44. The summed E-state index contributed by atoms with van der Waals surface area (Å²) >= 11 is 5.71. The van der Waals surface area contributed by atoms with Gasteiger partial charge in [0.15, 0.2) is 0 Å². The largest absolute Gasteiger partial charge is 0.378 e. The van der Waals surface area contributed by atoms with Crippen LogP contribution in [0.3, 0.4) is 0 Å². The number of rotatable bonds is 3. The molecule has 1 aliphatic rings. The number of nitrogens with one attached hydrogen (secondary N) is 1. The summed E-state index contributed by atoms with van der Waals surface area (Å²) in [6, 6.07) is 6.99. The van der Waals surface area contributed by atoms with Crippen LogP contribution in [0.1, 0.15) is 17.3 Å². The van der Waals surface area contributed by atoms with Crippen molar-refractivity contribution < 1.29 is 9.13 Å². The molecule has 1 N–H and O–H groups in total. The van der Waals surface area contributed by atoms with Gasteiger partial charge >= 0.3 is 0 Å². The second-order valence-corrected chi connectivity index (χ2v) is 5.23. The Labute approximate surface area is 121 Å². The molecule has 0 bridgehead atoms. The summed E-state index contributed by atoms with van der Waals surface area (Å²) < 4.78 is 19.0. The van der Waals surface area contributed by atoms with Gasteiger partial charge in [0.2, 0.25) is 0 Å². The maximum Gasteiger partial charge on any atom is 0.142 e. The summed E-state index contributed by atoms with van der Waals surface area (Å²) in [4.78, 5) is 2.25. The predicted molar refractivity (Wildman–Crippen MR) is 74.0 cm³/mol. The van der Waals surface area contributed by atoms with Crippen LogP contribution in [0.2, 0.25) is 5.02 Å². The van der Waals surface area contributed by atoms with Gasteiger partial charge in [0, 0.05) is 19.3 Å². The van der Waals surface area contributed by atoms with E-state index in [9.17, 15) is 4.39 Å². The van der Waals surface area contributed by atoms with Gasteiger partial charge in [-0.3, -0.25) is 10.00 Å². The number of morpholine rings is 1. The van der Waals surface area contributed by atoms with Gasteiger partial charge in [-0.25, -0.2) is 4.39 Å². The average molecular weight is 296 g/mol. The number of benzene rings is 1. The van der Waals surface area contributed by atoms with Gasteiger partial charge in [0.05, 0.1) is 30.0 Å². The van der Waals surface area contributed by atoms with E-state index in [0.717, 1.165) is 17.8 Å². The van der Waals surface area contributed by atoms with Crippen LogP contribution in [0.5, 0.6) is 0 Å². The molecule has 1 aromatic carbocycles. The molecule has 0 radical (unpaired) electrons. The molecule has 0 amide bonds. The molecule has 1 aliphatic heterocycles. The van der Waals surface area contributed by atoms with Crippen LogP contribution in [0.25, 0.3) is 0 Å². The van der Waals surface area contributed by atoms with E-state index in [1.54, 1.807) is 12.3 Å². The number of halogens is 2. The Bertz CT molecular complexity index is 576. The Hall–Kier alpha value is -1.43. The topological polar surface area (TPSA) is 41.1 Å². The van der Waals surface area contributed by atoms with Crippen LogP contribution in [0.15, 0.2) is 30.5 Å². The number of aromatic amines is 1. The number of hydrogen-bond donors (Lipinski definition) is 1. The highest BCUT2D eigenvalue weighted by molar-refractivity contribution is 6.30. The highest BCUT2D eigenvalue weighted by Gasteiger charge is 2.25. The zero-order valence-electron chi connectivity index (χ0n) is 10.9. The lowest BCUT2D eigenvalue weighted by Crippen LogP contribution is -2.39. The van der Waals surface area contributed by atoms with Crippen molar-refractivity contribution in [1.29, 1.82) is 0 Å². The number of aromatic nitrogens is 2. The lowest BCUT2D eigenvalue weighted by molar-refractivity contribution is -0.0143. The Kier molecular flexibility index (Phi) is 4.00. The molecule has 6 heteroatoms. The minimum absolute atomic E-state index is 0.116. The van der Waals surface area contributed by atoms with Gasteiger partial charge < -0.3 is 4.74 Å². The molecule has 2 heterocycles. The SMILES string of the molecule is Fc1cc(CN2CCOC[C@@H]2c2ccn[nH]2)ccc1Cl. The van der Waals surface area contributed by atoms with E-state index >= 15 is 0 Å². The molecule has 0 spiro atoms. The zero-order valence-corrected chi connectivity index (χ0v) is 11.6. The van der Waals surface area contributed by atoms with Gasteiger partial charge in [-0.05, 0) is 23.8 Å². The smallest absolute Gasteiger partial charge is 0.142 e. The fourth-order valence-corrected chi connectivity index (χ4v) is 2.56. The summed E-state index contributed by atoms with van der Waals surface area (Å²) in [5, 5.41) is 7.11. The van der Waals surface area contributed by atoms with E-state index in [1.165, 1.54) is 6.07 Å². The minimum atomic E-state index is -0.379. The molecule has 1 saturated heterocycles. The minimum Gasteiger partial charge on any atom is -0.378 e. The molecule has 4 nitrogen and oxygen atoms in total. The van der Waals surface area contributed by atoms with E-state index in [4.69, 9.17) is 16.3 Å². The van der Waals surface area contributed by atoms with Crippen LogP contribution in [0.4, 0.5) is 4.39 Å². The number of nitrogens with zero attached hydrogens (tertiary/aromatic N) is 2.